The lowest BCUT2D eigenvalue weighted by Gasteiger charge is -2.36. The molecular formula is C23H27N3O2. The van der Waals surface area contributed by atoms with E-state index in [1.807, 2.05) is 19.1 Å². The van der Waals surface area contributed by atoms with Gasteiger partial charge in [-0.1, -0.05) is 31.2 Å². The number of benzene rings is 1. The van der Waals surface area contributed by atoms with E-state index in [-0.39, 0.29) is 23.8 Å². The predicted octanol–water partition coefficient (Wildman–Crippen LogP) is 3.92. The number of aromatic nitrogens is 1. The van der Waals surface area contributed by atoms with Crippen molar-refractivity contribution in [1.29, 1.82) is 5.26 Å². The summed E-state index contributed by atoms with van der Waals surface area (Å²) in [6.45, 7) is 5.98. The number of rotatable bonds is 3. The number of fused-ring (bicyclic) bond motifs is 5. The number of H-pyrrole nitrogens is 1. The van der Waals surface area contributed by atoms with Crippen LogP contribution in [0.15, 0.2) is 35.9 Å². The average molecular weight is 377 g/mol. The molecule has 0 saturated carbocycles. The number of hydrogen-bond donors (Lipinski definition) is 1. The molecule has 2 bridgehead atoms. The van der Waals surface area contributed by atoms with Gasteiger partial charge in [-0.3, -0.25) is 9.69 Å². The number of aromatic amines is 1. The Bertz CT molecular complexity index is 952. The summed E-state index contributed by atoms with van der Waals surface area (Å²) in [6, 6.07) is 10.6. The van der Waals surface area contributed by atoms with Crippen LogP contribution in [0.25, 0.3) is 10.9 Å². The van der Waals surface area contributed by atoms with Crippen molar-refractivity contribution in [2.45, 2.75) is 45.1 Å². The number of ether oxygens (including phenoxy) is 1. The summed E-state index contributed by atoms with van der Waals surface area (Å²) in [5.41, 5.74) is 4.42. The molecular weight excluding hydrogens is 350 g/mol. The first-order valence-electron chi connectivity index (χ1n) is 10.3. The number of carbonyl (C=O) groups excluding carboxylic acids is 1. The Kier molecular flexibility index (Phi) is 5.23. The number of carbonyl (C=O) groups is 1. The molecule has 28 heavy (non-hydrogen) atoms. The maximum atomic E-state index is 12.9. The molecule has 4 atom stereocenters. The van der Waals surface area contributed by atoms with Crippen molar-refractivity contribution in [2.24, 2.45) is 5.92 Å². The van der Waals surface area contributed by atoms with Gasteiger partial charge >= 0.3 is 5.97 Å². The fourth-order valence-corrected chi connectivity index (χ4v) is 4.85. The molecule has 0 fully saturated rings. The van der Waals surface area contributed by atoms with E-state index in [1.54, 1.807) is 0 Å². The summed E-state index contributed by atoms with van der Waals surface area (Å²) in [5.74, 6) is -0.218. The van der Waals surface area contributed by atoms with Crippen molar-refractivity contribution >= 4 is 16.9 Å². The molecule has 5 heteroatoms. The van der Waals surface area contributed by atoms with E-state index in [0.717, 1.165) is 37.1 Å². The zero-order valence-corrected chi connectivity index (χ0v) is 16.6. The quantitative estimate of drug-likeness (QED) is 0.650. The number of nitriles is 1. The lowest BCUT2D eigenvalue weighted by molar-refractivity contribution is -0.145. The monoisotopic (exact) mass is 377 g/mol. The second-order valence-corrected chi connectivity index (χ2v) is 7.73. The van der Waals surface area contributed by atoms with Gasteiger partial charge in [0, 0.05) is 29.7 Å². The molecule has 0 saturated heterocycles. The second-order valence-electron chi connectivity index (χ2n) is 7.73. The molecule has 3 heterocycles. The number of nitrogens with one attached hydrogen (secondary N) is 1. The van der Waals surface area contributed by atoms with Gasteiger partial charge < -0.3 is 9.72 Å². The molecule has 5 nitrogen and oxygen atoms in total. The summed E-state index contributed by atoms with van der Waals surface area (Å²) in [7, 11) is 0. The molecule has 0 amide bonds. The van der Waals surface area contributed by atoms with Crippen LogP contribution in [0.2, 0.25) is 0 Å². The minimum Gasteiger partial charge on any atom is -0.465 e. The van der Waals surface area contributed by atoms with Crippen molar-refractivity contribution in [3.8, 4) is 6.07 Å². The van der Waals surface area contributed by atoms with Crippen LogP contribution in [-0.4, -0.2) is 41.6 Å². The number of para-hydroxylation sites is 1. The van der Waals surface area contributed by atoms with Crippen molar-refractivity contribution < 1.29 is 9.53 Å². The van der Waals surface area contributed by atoms with E-state index in [4.69, 9.17) is 4.74 Å². The van der Waals surface area contributed by atoms with Gasteiger partial charge in [0.1, 0.15) is 6.04 Å². The smallest absolute Gasteiger partial charge is 0.314 e. The molecule has 0 spiro atoms. The zero-order chi connectivity index (χ0) is 19.7. The first kappa shape index (κ1) is 18.8. The number of hydrogen-bond acceptors (Lipinski definition) is 4. The zero-order valence-electron chi connectivity index (χ0n) is 16.6. The fraction of sp³-hybridized carbons (Fsp3) is 0.478. The number of nitrogens with zero attached hydrogens (tertiary/aromatic N) is 2. The van der Waals surface area contributed by atoms with Crippen LogP contribution in [0.1, 0.15) is 43.9 Å². The van der Waals surface area contributed by atoms with E-state index in [2.05, 4.69) is 41.1 Å². The molecule has 0 aliphatic carbocycles. The van der Waals surface area contributed by atoms with Crippen LogP contribution in [0.4, 0.5) is 0 Å². The average Bonchev–Trinajstić information content (AvgIpc) is 3.09. The maximum Gasteiger partial charge on any atom is 0.314 e. The summed E-state index contributed by atoms with van der Waals surface area (Å²) >= 11 is 0. The molecule has 4 rings (SSSR count). The van der Waals surface area contributed by atoms with Gasteiger partial charge in [0.15, 0.2) is 0 Å². The van der Waals surface area contributed by atoms with Crippen LogP contribution in [0, 0.1) is 17.2 Å². The molecule has 1 aromatic heterocycles. The van der Waals surface area contributed by atoms with Crippen molar-refractivity contribution in [1.82, 2.24) is 9.88 Å². The Morgan fingerprint density at radius 2 is 2.18 bits per heavy atom. The van der Waals surface area contributed by atoms with Gasteiger partial charge in [0.05, 0.1) is 18.6 Å². The highest BCUT2D eigenvalue weighted by Gasteiger charge is 2.36. The van der Waals surface area contributed by atoms with E-state index in [9.17, 15) is 10.1 Å². The van der Waals surface area contributed by atoms with Crippen molar-refractivity contribution in [3.63, 3.8) is 0 Å². The Balaban J connectivity index is 1.83. The van der Waals surface area contributed by atoms with Crippen molar-refractivity contribution in [3.05, 3.63) is 47.2 Å². The molecule has 146 valence electrons. The molecule has 1 N–H and O–H groups in total. The van der Waals surface area contributed by atoms with Gasteiger partial charge in [0.2, 0.25) is 0 Å². The largest absolute Gasteiger partial charge is 0.465 e. The summed E-state index contributed by atoms with van der Waals surface area (Å²) in [6.07, 6.45) is 4.63. The van der Waals surface area contributed by atoms with Crippen LogP contribution >= 0.6 is 0 Å². The minimum atomic E-state index is -0.305. The second kappa shape index (κ2) is 7.81. The molecule has 1 aromatic carbocycles. The summed E-state index contributed by atoms with van der Waals surface area (Å²) in [4.78, 5) is 18.7. The van der Waals surface area contributed by atoms with Crippen LogP contribution < -0.4 is 0 Å². The molecule has 0 radical (unpaired) electrons. The summed E-state index contributed by atoms with van der Waals surface area (Å²) in [5, 5.41) is 10.9. The fourth-order valence-electron chi connectivity index (χ4n) is 4.85. The highest BCUT2D eigenvalue weighted by molar-refractivity contribution is 5.88. The highest BCUT2D eigenvalue weighted by atomic mass is 16.5. The van der Waals surface area contributed by atoms with Crippen LogP contribution in [-0.2, 0) is 16.0 Å². The van der Waals surface area contributed by atoms with Gasteiger partial charge in [-0.25, -0.2) is 0 Å². The van der Waals surface area contributed by atoms with Gasteiger partial charge in [-0.2, -0.15) is 5.26 Å². The third-order valence-electron chi connectivity index (χ3n) is 6.12. The van der Waals surface area contributed by atoms with Gasteiger partial charge in [-0.05, 0) is 49.3 Å². The lowest BCUT2D eigenvalue weighted by atomic mass is 9.85. The van der Waals surface area contributed by atoms with Gasteiger partial charge in [-0.15, -0.1) is 0 Å². The molecule has 2 aliphatic heterocycles. The van der Waals surface area contributed by atoms with E-state index < -0.39 is 0 Å². The lowest BCUT2D eigenvalue weighted by Crippen LogP contribution is -2.43. The SMILES string of the molecule is CCOC(=O)[C@H]1C[C@@H]2C=C(CC)[C@@H](C#N)N(CCc3c1[nH]c1ccccc31)C2. The third kappa shape index (κ3) is 3.22. The highest BCUT2D eigenvalue weighted by Crippen LogP contribution is 2.37. The molecule has 2 aromatic rings. The Morgan fingerprint density at radius 1 is 1.36 bits per heavy atom. The molecule has 1 unspecified atom stereocenters. The van der Waals surface area contributed by atoms with E-state index >= 15 is 0 Å². The van der Waals surface area contributed by atoms with E-state index in [1.165, 1.54) is 16.5 Å². The van der Waals surface area contributed by atoms with Crippen LogP contribution in [0.3, 0.4) is 0 Å². The first-order chi connectivity index (χ1) is 13.7. The predicted molar refractivity (Wildman–Crippen MR) is 109 cm³/mol. The standard InChI is InChI=1S/C23H27N3O2/c1-3-16-11-15-12-19(23(27)28-4-2)22-18(9-10-26(14-15)21(16)13-24)17-7-5-6-8-20(17)25-22/h5-8,11,15,19,21,25H,3-4,9-10,12,14H2,1-2H3/t15-,19-,21+/m0/s1. The third-order valence-corrected chi connectivity index (χ3v) is 6.12. The summed E-state index contributed by atoms with van der Waals surface area (Å²) < 4.78 is 5.46. The van der Waals surface area contributed by atoms with Crippen LogP contribution in [0.5, 0.6) is 0 Å². The van der Waals surface area contributed by atoms with Crippen molar-refractivity contribution in [2.75, 3.05) is 19.7 Å². The maximum absolute atomic E-state index is 12.9. The topological polar surface area (TPSA) is 69.1 Å². The minimum absolute atomic E-state index is 0.155. The van der Waals surface area contributed by atoms with E-state index in [0.29, 0.717) is 13.0 Å². The Morgan fingerprint density at radius 3 is 2.93 bits per heavy atom. The Labute approximate surface area is 166 Å². The normalized spacial score (nSPS) is 27.0. The first-order valence-corrected chi connectivity index (χ1v) is 10.3. The molecule has 2 aliphatic rings. The Hall–Kier alpha value is -2.58. The van der Waals surface area contributed by atoms with Gasteiger partial charge in [0.25, 0.3) is 0 Å². The number of esters is 1.